The molecule has 0 radical (unpaired) electrons. The monoisotopic (exact) mass is 607 g/mol. The van der Waals surface area contributed by atoms with Crippen molar-refractivity contribution < 1.29 is 54.2 Å². The summed E-state index contributed by atoms with van der Waals surface area (Å²) in [7, 11) is 1.35. The van der Waals surface area contributed by atoms with Crippen LogP contribution in [-0.4, -0.2) is 29.8 Å². The molecule has 13 heteroatoms. The van der Waals surface area contributed by atoms with Crippen molar-refractivity contribution in [2.75, 3.05) is 13.7 Å². The molecule has 0 unspecified atom stereocenters. The lowest BCUT2D eigenvalue weighted by atomic mass is 9.92. The zero-order chi connectivity index (χ0) is 31.6. The molecule has 0 saturated carbocycles. The number of hydrogen-bond acceptors (Lipinski definition) is 2. The lowest BCUT2D eigenvalue weighted by Crippen LogP contribution is -2.31. The SMILES string of the molecule is COc1ccc(C(C)C)cc1-c1ccc(C(F)(F)F)cc1CN(CCc1cc(C(F)(F)F)cc(C(F)(F)F)c1)C(=O)O. The summed E-state index contributed by atoms with van der Waals surface area (Å²) in [6, 6.07) is 8.75. The van der Waals surface area contributed by atoms with Gasteiger partial charge in [-0.3, -0.25) is 0 Å². The number of rotatable bonds is 8. The van der Waals surface area contributed by atoms with E-state index in [4.69, 9.17) is 4.74 Å². The van der Waals surface area contributed by atoms with E-state index in [2.05, 4.69) is 0 Å². The Balaban J connectivity index is 2.06. The van der Waals surface area contributed by atoms with Gasteiger partial charge in [0.25, 0.3) is 0 Å². The van der Waals surface area contributed by atoms with Crippen molar-refractivity contribution in [3.05, 3.63) is 88.0 Å². The van der Waals surface area contributed by atoms with Crippen LogP contribution in [0.25, 0.3) is 11.1 Å². The average Bonchev–Trinajstić information content (AvgIpc) is 2.88. The van der Waals surface area contributed by atoms with Gasteiger partial charge in [0.2, 0.25) is 0 Å². The molecule has 3 aromatic carbocycles. The predicted molar refractivity (Wildman–Crippen MR) is 136 cm³/mol. The molecule has 3 rings (SSSR count). The van der Waals surface area contributed by atoms with E-state index in [1.807, 2.05) is 13.8 Å². The molecule has 0 saturated heterocycles. The molecule has 0 fully saturated rings. The van der Waals surface area contributed by atoms with E-state index in [0.717, 1.165) is 17.7 Å². The van der Waals surface area contributed by atoms with Crippen molar-refractivity contribution >= 4 is 6.09 Å². The van der Waals surface area contributed by atoms with Crippen molar-refractivity contribution in [3.8, 4) is 16.9 Å². The number of amides is 1. The van der Waals surface area contributed by atoms with Gasteiger partial charge in [-0.1, -0.05) is 26.0 Å². The third-order valence-electron chi connectivity index (χ3n) is 6.56. The highest BCUT2D eigenvalue weighted by Crippen LogP contribution is 2.39. The van der Waals surface area contributed by atoms with Gasteiger partial charge in [0.1, 0.15) is 5.75 Å². The second kappa shape index (κ2) is 12.1. The highest BCUT2D eigenvalue weighted by Gasteiger charge is 2.37. The first-order valence-corrected chi connectivity index (χ1v) is 12.5. The lowest BCUT2D eigenvalue weighted by Gasteiger charge is -2.23. The van der Waals surface area contributed by atoms with Gasteiger partial charge >= 0.3 is 24.6 Å². The maximum absolute atomic E-state index is 13.6. The number of nitrogens with zero attached hydrogens (tertiary/aromatic N) is 1. The van der Waals surface area contributed by atoms with Crippen LogP contribution >= 0.6 is 0 Å². The van der Waals surface area contributed by atoms with Crippen LogP contribution in [0, 0.1) is 0 Å². The third kappa shape index (κ3) is 7.89. The summed E-state index contributed by atoms with van der Waals surface area (Å²) in [6.45, 7) is 2.54. The Morgan fingerprint density at radius 3 is 1.83 bits per heavy atom. The second-order valence-corrected chi connectivity index (χ2v) is 9.85. The number of carbonyl (C=O) groups is 1. The molecule has 42 heavy (non-hydrogen) atoms. The minimum Gasteiger partial charge on any atom is -0.496 e. The minimum atomic E-state index is -5.10. The topological polar surface area (TPSA) is 49.8 Å². The highest BCUT2D eigenvalue weighted by molar-refractivity contribution is 5.75. The summed E-state index contributed by atoms with van der Waals surface area (Å²) in [5.41, 5.74) is -3.32. The standard InChI is InChI=1S/C29H26F9NO3/c1-16(2)18-4-7-25(42-3)24(13-18)23-6-5-20(27(30,31)32)12-19(23)15-39(26(40)41)9-8-17-10-21(28(33,34)35)14-22(11-17)29(36,37)38/h4-7,10-14,16H,8-9,15H2,1-3H3,(H,40,41). The van der Waals surface area contributed by atoms with Crippen molar-refractivity contribution in [1.29, 1.82) is 0 Å². The van der Waals surface area contributed by atoms with Crippen molar-refractivity contribution in [3.63, 3.8) is 0 Å². The Morgan fingerprint density at radius 2 is 1.36 bits per heavy atom. The quantitative estimate of drug-likeness (QED) is 0.260. The van der Waals surface area contributed by atoms with Gasteiger partial charge in [-0.25, -0.2) is 4.79 Å². The summed E-state index contributed by atoms with van der Waals surface area (Å²) in [6.07, 6.45) is -17.2. The number of hydrogen-bond donors (Lipinski definition) is 1. The van der Waals surface area contributed by atoms with Gasteiger partial charge in [0.15, 0.2) is 0 Å². The van der Waals surface area contributed by atoms with E-state index in [-0.39, 0.29) is 23.1 Å². The van der Waals surface area contributed by atoms with Gasteiger partial charge in [0.05, 0.1) is 23.8 Å². The van der Waals surface area contributed by atoms with Crippen LogP contribution in [0.1, 0.15) is 53.1 Å². The average molecular weight is 608 g/mol. The van der Waals surface area contributed by atoms with Crippen LogP contribution in [0.4, 0.5) is 44.3 Å². The molecule has 0 aliphatic heterocycles. The van der Waals surface area contributed by atoms with Crippen LogP contribution < -0.4 is 4.74 Å². The maximum atomic E-state index is 13.6. The molecule has 1 N–H and O–H groups in total. The Hall–Kier alpha value is -3.90. The molecule has 0 atom stereocenters. The molecular weight excluding hydrogens is 581 g/mol. The highest BCUT2D eigenvalue weighted by atomic mass is 19.4. The fourth-order valence-corrected chi connectivity index (χ4v) is 4.33. The molecule has 0 heterocycles. The third-order valence-corrected chi connectivity index (χ3v) is 6.56. The number of benzene rings is 3. The molecule has 0 aliphatic rings. The normalized spacial score (nSPS) is 12.5. The molecule has 0 bridgehead atoms. The molecule has 0 aliphatic carbocycles. The van der Waals surface area contributed by atoms with E-state index in [1.54, 1.807) is 18.2 Å². The van der Waals surface area contributed by atoms with Crippen molar-refractivity contribution in [2.24, 2.45) is 0 Å². The summed E-state index contributed by atoms with van der Waals surface area (Å²) in [5.74, 6) is 0.322. The smallest absolute Gasteiger partial charge is 0.416 e. The van der Waals surface area contributed by atoms with Crippen molar-refractivity contribution in [1.82, 2.24) is 4.90 Å². The molecule has 4 nitrogen and oxygen atoms in total. The lowest BCUT2D eigenvalue weighted by molar-refractivity contribution is -0.143. The Labute approximate surface area is 235 Å². The van der Waals surface area contributed by atoms with Crippen LogP contribution in [0.5, 0.6) is 5.75 Å². The van der Waals surface area contributed by atoms with E-state index in [9.17, 15) is 49.4 Å². The van der Waals surface area contributed by atoms with Crippen LogP contribution in [0.3, 0.4) is 0 Å². The predicted octanol–water partition coefficient (Wildman–Crippen LogP) is 9.26. The number of alkyl halides is 9. The zero-order valence-electron chi connectivity index (χ0n) is 22.5. The van der Waals surface area contributed by atoms with Crippen molar-refractivity contribution in [2.45, 2.75) is 51.3 Å². The zero-order valence-corrected chi connectivity index (χ0v) is 22.5. The summed E-state index contributed by atoms with van der Waals surface area (Å²) in [4.78, 5) is 12.7. The van der Waals surface area contributed by atoms with Gasteiger partial charge < -0.3 is 14.7 Å². The second-order valence-electron chi connectivity index (χ2n) is 9.85. The van der Waals surface area contributed by atoms with Gasteiger partial charge in [-0.2, -0.15) is 39.5 Å². The Kier molecular flexibility index (Phi) is 9.43. The molecule has 0 aromatic heterocycles. The fourth-order valence-electron chi connectivity index (χ4n) is 4.33. The summed E-state index contributed by atoms with van der Waals surface area (Å²) < 4.78 is 126. The number of halogens is 9. The fraction of sp³-hybridized carbons (Fsp3) is 0.345. The Morgan fingerprint density at radius 1 is 0.786 bits per heavy atom. The molecular formula is C29H26F9NO3. The van der Waals surface area contributed by atoms with E-state index >= 15 is 0 Å². The molecule has 0 spiro atoms. The van der Waals surface area contributed by atoms with Gasteiger partial charge in [-0.05, 0) is 77.1 Å². The Bertz CT molecular complexity index is 1400. The largest absolute Gasteiger partial charge is 0.496 e. The minimum absolute atomic E-state index is 0.0251. The molecule has 3 aromatic rings. The maximum Gasteiger partial charge on any atom is 0.416 e. The number of carboxylic acid groups (broad SMARTS) is 1. The summed E-state index contributed by atoms with van der Waals surface area (Å²) in [5, 5.41) is 9.81. The van der Waals surface area contributed by atoms with E-state index < -0.39 is 66.4 Å². The number of ether oxygens (including phenoxy) is 1. The van der Waals surface area contributed by atoms with Gasteiger partial charge in [-0.15, -0.1) is 0 Å². The molecule has 228 valence electrons. The first kappa shape index (κ1) is 32.6. The first-order chi connectivity index (χ1) is 19.3. The molecule has 1 amide bonds. The first-order valence-electron chi connectivity index (χ1n) is 12.5. The van der Waals surface area contributed by atoms with E-state index in [1.165, 1.54) is 13.2 Å². The van der Waals surface area contributed by atoms with Crippen LogP contribution in [0.15, 0.2) is 54.6 Å². The summed E-state index contributed by atoms with van der Waals surface area (Å²) >= 11 is 0. The van der Waals surface area contributed by atoms with E-state index in [0.29, 0.717) is 28.3 Å². The van der Waals surface area contributed by atoms with Crippen LogP contribution in [-0.2, 0) is 31.5 Å². The number of methoxy groups -OCH3 is 1. The van der Waals surface area contributed by atoms with Crippen LogP contribution in [0.2, 0.25) is 0 Å². The van der Waals surface area contributed by atoms with Gasteiger partial charge in [0, 0.05) is 18.7 Å².